The molecule has 2 rings (SSSR count). The number of rotatable bonds is 7. The molecule has 134 valence electrons. The van der Waals surface area contributed by atoms with E-state index in [2.05, 4.69) is 21.2 Å². The van der Waals surface area contributed by atoms with E-state index in [1.165, 1.54) is 10.5 Å². The standard InChI is InChI=1S/C15H25N5O2S2/c1-10(2)20(11(3)4)24(21,22)13-7-8-14(16-9-13)18-19-15(23)17-12-5-6-12/h7-12H,5-6H2,1-4H3,(H,16,18)(H2,17,19,23). The van der Waals surface area contributed by atoms with Crippen LogP contribution in [0.25, 0.3) is 0 Å². The van der Waals surface area contributed by atoms with E-state index in [4.69, 9.17) is 12.2 Å². The average Bonchev–Trinajstić information content (AvgIpc) is 3.28. The third-order valence-electron chi connectivity index (χ3n) is 3.55. The quantitative estimate of drug-likeness (QED) is 0.498. The molecule has 0 unspecified atom stereocenters. The van der Waals surface area contributed by atoms with Crippen LogP contribution in [0.5, 0.6) is 0 Å². The van der Waals surface area contributed by atoms with Crippen molar-refractivity contribution in [1.29, 1.82) is 0 Å². The zero-order valence-corrected chi connectivity index (χ0v) is 16.0. The number of hydrogen-bond acceptors (Lipinski definition) is 5. The molecular formula is C15H25N5O2S2. The smallest absolute Gasteiger partial charge is 0.245 e. The number of hydrogen-bond donors (Lipinski definition) is 3. The number of hydrazine groups is 1. The second-order valence-corrected chi connectivity index (χ2v) is 8.65. The van der Waals surface area contributed by atoms with Crippen LogP contribution in [0.3, 0.4) is 0 Å². The Bertz CT molecular complexity index is 662. The molecular weight excluding hydrogens is 346 g/mol. The highest BCUT2D eigenvalue weighted by molar-refractivity contribution is 7.89. The second kappa shape index (κ2) is 7.62. The van der Waals surface area contributed by atoms with Gasteiger partial charge in [-0.15, -0.1) is 0 Å². The van der Waals surface area contributed by atoms with Crippen molar-refractivity contribution < 1.29 is 8.42 Å². The van der Waals surface area contributed by atoms with E-state index in [0.29, 0.717) is 17.0 Å². The van der Waals surface area contributed by atoms with E-state index in [1.54, 1.807) is 12.1 Å². The summed E-state index contributed by atoms with van der Waals surface area (Å²) in [5, 5.41) is 3.63. The van der Waals surface area contributed by atoms with Gasteiger partial charge in [0.1, 0.15) is 10.7 Å². The molecule has 24 heavy (non-hydrogen) atoms. The zero-order valence-electron chi connectivity index (χ0n) is 14.4. The molecule has 0 bridgehead atoms. The van der Waals surface area contributed by atoms with Gasteiger partial charge in [-0.2, -0.15) is 4.31 Å². The minimum atomic E-state index is -3.57. The molecule has 1 aromatic rings. The van der Waals surface area contributed by atoms with Crippen LogP contribution in [0.15, 0.2) is 23.2 Å². The van der Waals surface area contributed by atoms with Crippen LogP contribution in [0, 0.1) is 0 Å². The van der Waals surface area contributed by atoms with Gasteiger partial charge in [0, 0.05) is 24.3 Å². The second-order valence-electron chi connectivity index (χ2n) is 6.40. The summed E-state index contributed by atoms with van der Waals surface area (Å²) < 4.78 is 27.0. The topological polar surface area (TPSA) is 86.4 Å². The van der Waals surface area contributed by atoms with Crippen LogP contribution >= 0.6 is 12.2 Å². The fraction of sp³-hybridized carbons (Fsp3) is 0.600. The number of pyridine rings is 1. The van der Waals surface area contributed by atoms with E-state index >= 15 is 0 Å². The summed E-state index contributed by atoms with van der Waals surface area (Å²) in [6.45, 7) is 7.44. The zero-order chi connectivity index (χ0) is 17.9. The maximum Gasteiger partial charge on any atom is 0.245 e. The molecule has 1 aliphatic carbocycles. The number of nitrogens with one attached hydrogen (secondary N) is 3. The minimum Gasteiger partial charge on any atom is -0.359 e. The fourth-order valence-corrected chi connectivity index (χ4v) is 4.45. The molecule has 3 N–H and O–H groups in total. The van der Waals surface area contributed by atoms with Gasteiger partial charge in [-0.05, 0) is 64.9 Å². The van der Waals surface area contributed by atoms with Gasteiger partial charge in [0.05, 0.1) is 0 Å². The minimum absolute atomic E-state index is 0.125. The first-order valence-electron chi connectivity index (χ1n) is 8.04. The van der Waals surface area contributed by atoms with Gasteiger partial charge in [-0.25, -0.2) is 13.4 Å². The molecule has 0 spiro atoms. The Hall–Kier alpha value is -1.45. The first kappa shape index (κ1) is 18.9. The maximum atomic E-state index is 12.7. The van der Waals surface area contributed by atoms with Gasteiger partial charge >= 0.3 is 0 Å². The van der Waals surface area contributed by atoms with Gasteiger partial charge in [-0.1, -0.05) is 0 Å². The predicted molar refractivity (Wildman–Crippen MR) is 99.0 cm³/mol. The van der Waals surface area contributed by atoms with Gasteiger partial charge in [-0.3, -0.25) is 10.9 Å². The summed E-state index contributed by atoms with van der Waals surface area (Å²) in [7, 11) is -3.57. The largest absolute Gasteiger partial charge is 0.359 e. The highest BCUT2D eigenvalue weighted by Crippen LogP contribution is 2.21. The maximum absolute atomic E-state index is 12.7. The molecule has 0 saturated heterocycles. The highest BCUT2D eigenvalue weighted by atomic mass is 32.2. The highest BCUT2D eigenvalue weighted by Gasteiger charge is 2.29. The van der Waals surface area contributed by atoms with Crippen molar-refractivity contribution in [2.24, 2.45) is 0 Å². The Balaban J connectivity index is 2.03. The van der Waals surface area contributed by atoms with Crippen molar-refractivity contribution in [1.82, 2.24) is 20.0 Å². The SMILES string of the molecule is CC(C)N(C(C)C)S(=O)(=O)c1ccc(NNC(=S)NC2CC2)nc1. The monoisotopic (exact) mass is 371 g/mol. The lowest BCUT2D eigenvalue weighted by atomic mass is 10.3. The van der Waals surface area contributed by atoms with E-state index in [-0.39, 0.29) is 17.0 Å². The lowest BCUT2D eigenvalue weighted by Gasteiger charge is -2.29. The van der Waals surface area contributed by atoms with Crippen molar-refractivity contribution in [2.45, 2.75) is 63.6 Å². The Labute approximate surface area is 149 Å². The molecule has 1 fully saturated rings. The fourth-order valence-electron chi connectivity index (χ4n) is 2.45. The molecule has 0 amide bonds. The van der Waals surface area contributed by atoms with Crippen LogP contribution < -0.4 is 16.2 Å². The molecule has 0 atom stereocenters. The van der Waals surface area contributed by atoms with E-state index < -0.39 is 10.0 Å². The van der Waals surface area contributed by atoms with Crippen molar-refractivity contribution in [3.05, 3.63) is 18.3 Å². The molecule has 0 radical (unpaired) electrons. The van der Waals surface area contributed by atoms with E-state index in [1.807, 2.05) is 27.7 Å². The molecule has 1 saturated carbocycles. The Kier molecular flexibility index (Phi) is 6.00. The molecule has 1 aliphatic rings. The van der Waals surface area contributed by atoms with Crippen molar-refractivity contribution >= 4 is 33.2 Å². The third-order valence-corrected chi connectivity index (χ3v) is 6.00. The van der Waals surface area contributed by atoms with Gasteiger partial charge in [0.2, 0.25) is 10.0 Å². The molecule has 9 heteroatoms. The van der Waals surface area contributed by atoms with E-state index in [9.17, 15) is 8.42 Å². The van der Waals surface area contributed by atoms with Crippen LogP contribution in [0.1, 0.15) is 40.5 Å². The first-order valence-corrected chi connectivity index (χ1v) is 9.88. The summed E-state index contributed by atoms with van der Waals surface area (Å²) in [5.41, 5.74) is 5.69. The number of sulfonamides is 1. The average molecular weight is 372 g/mol. The summed E-state index contributed by atoms with van der Waals surface area (Å²) in [6.07, 6.45) is 3.62. The molecule has 1 heterocycles. The summed E-state index contributed by atoms with van der Waals surface area (Å²) >= 11 is 5.13. The predicted octanol–water partition coefficient (Wildman–Crippen LogP) is 1.84. The summed E-state index contributed by atoms with van der Waals surface area (Å²) in [5.74, 6) is 0.495. The Morgan fingerprint density at radius 1 is 1.25 bits per heavy atom. The van der Waals surface area contributed by atoms with Crippen LogP contribution in [0.2, 0.25) is 0 Å². The molecule has 7 nitrogen and oxygen atoms in total. The lowest BCUT2D eigenvalue weighted by molar-refractivity contribution is 0.302. The molecule has 1 aromatic heterocycles. The number of anilines is 1. The number of thiocarbonyl (C=S) groups is 1. The van der Waals surface area contributed by atoms with Crippen LogP contribution in [-0.2, 0) is 10.0 Å². The lowest BCUT2D eigenvalue weighted by Crippen LogP contribution is -2.42. The first-order chi connectivity index (χ1) is 11.2. The van der Waals surface area contributed by atoms with Gasteiger partial charge in [0.25, 0.3) is 0 Å². The normalized spacial score (nSPS) is 15.0. The van der Waals surface area contributed by atoms with E-state index in [0.717, 1.165) is 12.8 Å². The van der Waals surface area contributed by atoms with Crippen molar-refractivity contribution in [3.63, 3.8) is 0 Å². The van der Waals surface area contributed by atoms with Crippen LogP contribution in [0.4, 0.5) is 5.82 Å². The molecule has 0 aliphatic heterocycles. The Morgan fingerprint density at radius 2 is 1.88 bits per heavy atom. The van der Waals surface area contributed by atoms with Crippen molar-refractivity contribution in [2.75, 3.05) is 5.43 Å². The Morgan fingerprint density at radius 3 is 2.33 bits per heavy atom. The van der Waals surface area contributed by atoms with Crippen LogP contribution in [-0.4, -0.2) is 40.9 Å². The van der Waals surface area contributed by atoms with Crippen molar-refractivity contribution in [3.8, 4) is 0 Å². The van der Waals surface area contributed by atoms with Gasteiger partial charge < -0.3 is 5.32 Å². The number of aromatic nitrogens is 1. The number of nitrogens with zero attached hydrogens (tertiary/aromatic N) is 2. The third kappa shape index (κ3) is 4.78. The summed E-state index contributed by atoms with van der Waals surface area (Å²) in [6, 6.07) is 3.37. The molecule has 0 aromatic carbocycles. The van der Waals surface area contributed by atoms with Gasteiger partial charge in [0.15, 0.2) is 5.11 Å². The summed E-state index contributed by atoms with van der Waals surface area (Å²) in [4.78, 5) is 4.32.